The first-order valence-corrected chi connectivity index (χ1v) is 7.01. The molecule has 1 rings (SSSR count). The van der Waals surface area contributed by atoms with Crippen molar-refractivity contribution in [2.45, 2.75) is 46.0 Å². The van der Waals surface area contributed by atoms with Crippen molar-refractivity contribution < 1.29 is 23.9 Å². The molecule has 110 valence electrons. The summed E-state index contributed by atoms with van der Waals surface area (Å²) in [7, 11) is 0. The van der Waals surface area contributed by atoms with Crippen molar-refractivity contribution in [3.8, 4) is 0 Å². The molecule has 0 heterocycles. The molecule has 0 saturated heterocycles. The Morgan fingerprint density at radius 1 is 1.30 bits per heavy atom. The Morgan fingerprint density at radius 2 is 1.95 bits per heavy atom. The molecule has 0 radical (unpaired) electrons. The van der Waals surface area contributed by atoms with E-state index in [0.29, 0.717) is 6.42 Å². The molecule has 20 heavy (non-hydrogen) atoms. The molecule has 0 aromatic rings. The van der Waals surface area contributed by atoms with Crippen molar-refractivity contribution in [3.05, 3.63) is 5.53 Å². The van der Waals surface area contributed by atoms with Crippen LogP contribution in [0.25, 0.3) is 5.53 Å². The summed E-state index contributed by atoms with van der Waals surface area (Å²) in [6, 6.07) is 0. The maximum absolute atomic E-state index is 12.1. The predicted octanol–water partition coefficient (Wildman–Crippen LogP) is 1.57. The fraction of sp³-hybridized carbons (Fsp3) is 0.714. The van der Waals surface area contributed by atoms with Gasteiger partial charge in [0.1, 0.15) is 5.78 Å². The molecule has 6 heteroatoms. The maximum atomic E-state index is 12.1. The van der Waals surface area contributed by atoms with E-state index >= 15 is 0 Å². The average Bonchev–Trinajstić information content (AvgIpc) is 2.42. The standard InChI is InChI=1S/C14H20N2O4/c1-3-9-6-5-7-10(13(9)18)8-11(17)12(16-15)14(19)20-4-2/h9-10H,3-8H2,1-2H3. The van der Waals surface area contributed by atoms with E-state index in [4.69, 9.17) is 5.53 Å². The number of carbonyl (C=O) groups excluding carboxylic acids is 3. The van der Waals surface area contributed by atoms with Crippen LogP contribution in [-0.4, -0.2) is 34.6 Å². The van der Waals surface area contributed by atoms with Gasteiger partial charge >= 0.3 is 11.7 Å². The highest BCUT2D eigenvalue weighted by molar-refractivity contribution is 6.62. The van der Waals surface area contributed by atoms with E-state index in [-0.39, 0.29) is 30.6 Å². The number of Topliss-reactive ketones (excluding diaryl/α,β-unsaturated/α-hetero) is 2. The van der Waals surface area contributed by atoms with Gasteiger partial charge in [-0.3, -0.25) is 9.59 Å². The quantitative estimate of drug-likeness (QED) is 0.242. The minimum atomic E-state index is -0.949. The van der Waals surface area contributed by atoms with E-state index in [9.17, 15) is 14.4 Å². The number of hydrogen-bond acceptors (Lipinski definition) is 4. The third-order valence-corrected chi connectivity index (χ3v) is 3.67. The summed E-state index contributed by atoms with van der Waals surface area (Å²) in [4.78, 5) is 38.2. The zero-order valence-corrected chi connectivity index (χ0v) is 11.9. The number of esters is 1. The lowest BCUT2D eigenvalue weighted by atomic mass is 9.76. The van der Waals surface area contributed by atoms with Crippen LogP contribution < -0.4 is 0 Å². The Labute approximate surface area is 118 Å². The van der Waals surface area contributed by atoms with E-state index in [1.807, 2.05) is 6.92 Å². The Bertz CT molecular complexity index is 452. The molecular formula is C14H20N2O4. The highest BCUT2D eigenvalue weighted by Crippen LogP contribution is 2.29. The van der Waals surface area contributed by atoms with Gasteiger partial charge in [-0.25, -0.2) is 4.79 Å². The van der Waals surface area contributed by atoms with E-state index in [0.717, 1.165) is 19.3 Å². The second kappa shape index (κ2) is 7.70. The maximum Gasteiger partial charge on any atom is 0.441 e. The van der Waals surface area contributed by atoms with E-state index < -0.39 is 17.5 Å². The Hall–Kier alpha value is -1.81. The zero-order chi connectivity index (χ0) is 15.1. The van der Waals surface area contributed by atoms with Gasteiger partial charge < -0.3 is 10.3 Å². The lowest BCUT2D eigenvalue weighted by molar-refractivity contribution is -0.142. The number of rotatable bonds is 6. The largest absolute Gasteiger partial charge is 0.457 e. The Balaban J connectivity index is 2.72. The van der Waals surface area contributed by atoms with Crippen LogP contribution in [0.5, 0.6) is 0 Å². The van der Waals surface area contributed by atoms with Gasteiger partial charge in [-0.1, -0.05) is 13.3 Å². The SMILES string of the molecule is CCOC(=O)C(=[N+]=[N-])C(=O)CC1CCCC(CC)C1=O. The van der Waals surface area contributed by atoms with Crippen LogP contribution in [0, 0.1) is 11.8 Å². The summed E-state index contributed by atoms with van der Waals surface area (Å²) in [5.41, 5.74) is 8.14. The molecule has 1 aliphatic rings. The Morgan fingerprint density at radius 3 is 2.50 bits per heavy atom. The van der Waals surface area contributed by atoms with Crippen molar-refractivity contribution in [2.75, 3.05) is 6.61 Å². The van der Waals surface area contributed by atoms with E-state index in [1.165, 1.54) is 0 Å². The summed E-state index contributed by atoms with van der Waals surface area (Å²) in [6.45, 7) is 3.63. The predicted molar refractivity (Wildman–Crippen MR) is 71.0 cm³/mol. The van der Waals surface area contributed by atoms with Crippen LogP contribution in [0.3, 0.4) is 0 Å². The van der Waals surface area contributed by atoms with Crippen molar-refractivity contribution >= 4 is 23.2 Å². The number of carbonyl (C=O) groups is 3. The number of hydrogen-bond donors (Lipinski definition) is 0. The molecule has 2 unspecified atom stereocenters. The smallest absolute Gasteiger partial charge is 0.441 e. The molecule has 0 amide bonds. The van der Waals surface area contributed by atoms with Gasteiger partial charge in [0.15, 0.2) is 0 Å². The van der Waals surface area contributed by atoms with Gasteiger partial charge in [0, 0.05) is 18.3 Å². The van der Waals surface area contributed by atoms with Gasteiger partial charge in [0.25, 0.3) is 5.78 Å². The van der Waals surface area contributed by atoms with Gasteiger partial charge in [-0.2, -0.15) is 4.79 Å². The molecule has 0 bridgehead atoms. The molecule has 0 aliphatic heterocycles. The lowest BCUT2D eigenvalue weighted by Crippen LogP contribution is -2.34. The molecule has 1 saturated carbocycles. The van der Waals surface area contributed by atoms with Crippen molar-refractivity contribution in [1.82, 2.24) is 0 Å². The second-order valence-electron chi connectivity index (χ2n) is 4.93. The fourth-order valence-electron chi connectivity index (χ4n) is 2.57. The fourth-order valence-corrected chi connectivity index (χ4v) is 2.57. The third-order valence-electron chi connectivity index (χ3n) is 3.67. The summed E-state index contributed by atoms with van der Waals surface area (Å²) >= 11 is 0. The topological polar surface area (TPSA) is 96.8 Å². The van der Waals surface area contributed by atoms with Gasteiger partial charge in [-0.15, -0.1) is 0 Å². The first kappa shape index (κ1) is 16.2. The van der Waals surface area contributed by atoms with Crippen molar-refractivity contribution in [2.24, 2.45) is 11.8 Å². The summed E-state index contributed by atoms with van der Waals surface area (Å²) < 4.78 is 4.64. The van der Waals surface area contributed by atoms with Crippen LogP contribution in [0.1, 0.15) is 46.0 Å². The van der Waals surface area contributed by atoms with Crippen LogP contribution in [-0.2, 0) is 19.1 Å². The molecule has 0 N–H and O–H groups in total. The van der Waals surface area contributed by atoms with Crippen LogP contribution in [0.15, 0.2) is 0 Å². The lowest BCUT2D eigenvalue weighted by Gasteiger charge is -2.26. The minimum absolute atomic E-state index is 0.00124. The normalized spacial score (nSPS) is 22.0. The molecule has 1 aliphatic carbocycles. The van der Waals surface area contributed by atoms with Gasteiger partial charge in [0.05, 0.1) is 6.61 Å². The minimum Gasteiger partial charge on any atom is -0.457 e. The molecule has 6 nitrogen and oxygen atoms in total. The second-order valence-corrected chi connectivity index (χ2v) is 4.93. The molecule has 0 aromatic heterocycles. The van der Waals surface area contributed by atoms with E-state index in [1.54, 1.807) is 6.92 Å². The first-order valence-electron chi connectivity index (χ1n) is 7.01. The van der Waals surface area contributed by atoms with Crippen LogP contribution in [0.4, 0.5) is 0 Å². The van der Waals surface area contributed by atoms with E-state index in [2.05, 4.69) is 9.53 Å². The highest BCUT2D eigenvalue weighted by Gasteiger charge is 2.37. The van der Waals surface area contributed by atoms with Crippen LogP contribution in [0.2, 0.25) is 0 Å². The van der Waals surface area contributed by atoms with Crippen molar-refractivity contribution in [1.29, 1.82) is 0 Å². The summed E-state index contributed by atoms with van der Waals surface area (Å²) in [6.07, 6.45) is 3.07. The van der Waals surface area contributed by atoms with Gasteiger partial charge in [-0.05, 0) is 26.2 Å². The molecule has 1 fully saturated rings. The summed E-state index contributed by atoms with van der Waals surface area (Å²) in [5, 5.41) is 0. The van der Waals surface area contributed by atoms with Crippen LogP contribution >= 0.6 is 0 Å². The van der Waals surface area contributed by atoms with Crippen molar-refractivity contribution in [3.63, 3.8) is 0 Å². The summed E-state index contributed by atoms with van der Waals surface area (Å²) in [5.74, 6) is -1.89. The molecular weight excluding hydrogens is 260 g/mol. The molecule has 0 spiro atoms. The highest BCUT2D eigenvalue weighted by atomic mass is 16.5. The monoisotopic (exact) mass is 280 g/mol. The molecule has 0 aromatic carbocycles. The average molecular weight is 280 g/mol. The van der Waals surface area contributed by atoms with Gasteiger partial charge in [0.2, 0.25) is 0 Å². The number of nitrogens with zero attached hydrogens (tertiary/aromatic N) is 2. The molecule has 2 atom stereocenters. The first-order chi connectivity index (χ1) is 9.54. The number of ether oxygens (including phenoxy) is 1. The zero-order valence-electron chi connectivity index (χ0n) is 11.9. The number of ketones is 2. The third kappa shape index (κ3) is 3.84. The Kier molecular flexibility index (Phi) is 6.25.